The fourth-order valence-corrected chi connectivity index (χ4v) is 5.54. The summed E-state index contributed by atoms with van der Waals surface area (Å²) < 4.78 is 19.6. The number of ether oxygens (including phenoxy) is 3. The number of aliphatic hydroxyl groups excluding tert-OH is 1. The molecule has 1 aromatic heterocycles. The molecule has 0 bridgehead atoms. The molecule has 1 aliphatic rings. The summed E-state index contributed by atoms with van der Waals surface area (Å²) >= 11 is 12.5. The average molecular weight is 654 g/mol. The Hall–Kier alpha value is -3.93. The Morgan fingerprint density at radius 1 is 0.978 bits per heavy atom. The van der Waals surface area contributed by atoms with E-state index in [1.165, 1.54) is 7.11 Å². The molecule has 2 heterocycles. The number of anilines is 1. The Bertz CT molecular complexity index is 1580. The maximum atomic E-state index is 12.8. The summed E-state index contributed by atoms with van der Waals surface area (Å²) in [6.07, 6.45) is 0.479. The van der Waals surface area contributed by atoms with E-state index in [1.54, 1.807) is 23.0 Å². The molecule has 5 rings (SSSR count). The summed E-state index contributed by atoms with van der Waals surface area (Å²) in [5.74, 6) is -0.624. The minimum atomic E-state index is -0.859. The second kappa shape index (κ2) is 14.9. The Morgan fingerprint density at radius 2 is 1.67 bits per heavy atom. The van der Waals surface area contributed by atoms with Crippen molar-refractivity contribution < 1.29 is 28.9 Å². The molecule has 5 unspecified atom stereocenters. The highest BCUT2D eigenvalue weighted by molar-refractivity contribution is 6.40. The van der Waals surface area contributed by atoms with E-state index >= 15 is 0 Å². The minimum absolute atomic E-state index is 0.0512. The molecule has 3 aromatic carbocycles. The van der Waals surface area contributed by atoms with Crippen LogP contribution in [0.2, 0.25) is 10.3 Å². The summed E-state index contributed by atoms with van der Waals surface area (Å²) in [5, 5.41) is 15.5. The van der Waals surface area contributed by atoms with Crippen molar-refractivity contribution >= 4 is 40.9 Å². The third-order valence-corrected chi connectivity index (χ3v) is 8.52. The molecule has 0 saturated carbocycles. The van der Waals surface area contributed by atoms with E-state index in [0.717, 1.165) is 22.3 Å². The summed E-state index contributed by atoms with van der Waals surface area (Å²) in [4.78, 5) is 29.3. The first-order chi connectivity index (χ1) is 21.7. The Balaban J connectivity index is 1.30. The van der Waals surface area contributed by atoms with Gasteiger partial charge in [-0.25, -0.2) is 14.6 Å². The van der Waals surface area contributed by atoms with Crippen molar-refractivity contribution in [2.75, 3.05) is 12.4 Å². The van der Waals surface area contributed by atoms with Crippen LogP contribution in [0, 0.1) is 5.92 Å². The van der Waals surface area contributed by atoms with Gasteiger partial charge in [0.15, 0.2) is 11.4 Å². The summed E-state index contributed by atoms with van der Waals surface area (Å²) in [7, 11) is 1.28. The number of carbonyl (C=O) groups excluding carboxylic acids is 2. The SMILES string of the molecule is COC(=O)C(Cc1ccccc1)NC(=O)Nc1ccc(C2OC(Cn3cnc(Cl)c3Cl)C(C)C(c3ccc(CO)cc3)O2)cc1. The molecule has 5 atom stereocenters. The van der Waals surface area contributed by atoms with Crippen LogP contribution in [0.5, 0.6) is 0 Å². The molecule has 1 fully saturated rings. The average Bonchev–Trinajstić information content (AvgIpc) is 3.38. The Kier molecular flexibility index (Phi) is 10.7. The van der Waals surface area contributed by atoms with Crippen molar-refractivity contribution in [1.29, 1.82) is 0 Å². The first kappa shape index (κ1) is 32.5. The van der Waals surface area contributed by atoms with Gasteiger partial charge in [0.05, 0.1) is 38.8 Å². The minimum Gasteiger partial charge on any atom is -0.467 e. The lowest BCUT2D eigenvalue weighted by molar-refractivity contribution is -0.276. The van der Waals surface area contributed by atoms with Gasteiger partial charge in [-0.1, -0.05) is 96.9 Å². The molecule has 0 spiro atoms. The van der Waals surface area contributed by atoms with Crippen molar-refractivity contribution in [3.63, 3.8) is 0 Å². The number of aromatic nitrogens is 2. The number of amides is 2. The van der Waals surface area contributed by atoms with Gasteiger partial charge in [-0.05, 0) is 28.8 Å². The standard InChI is InChI=1S/C33H34Cl2N4O6/c1-20-27(17-39-19-36-29(34)30(39)35)44-32(45-28(20)23-10-8-22(18-40)9-11-23)24-12-14-25(15-13-24)37-33(42)38-26(31(41)43-2)16-21-6-4-3-5-7-21/h3-15,19-20,26-28,32,40H,16-18H2,1-2H3,(H2,37,38,42). The lowest BCUT2D eigenvalue weighted by atomic mass is 9.90. The first-order valence-corrected chi connectivity index (χ1v) is 15.2. The number of nitrogens with zero attached hydrogens (tertiary/aromatic N) is 2. The summed E-state index contributed by atoms with van der Waals surface area (Å²) in [5.41, 5.74) is 3.88. The molecule has 4 aromatic rings. The number of hydrogen-bond acceptors (Lipinski definition) is 7. The number of urea groups is 1. The van der Waals surface area contributed by atoms with Gasteiger partial charge >= 0.3 is 12.0 Å². The van der Waals surface area contributed by atoms with Crippen LogP contribution >= 0.6 is 23.2 Å². The van der Waals surface area contributed by atoms with Crippen LogP contribution in [0.1, 0.15) is 41.6 Å². The van der Waals surface area contributed by atoms with Crippen LogP contribution in [-0.4, -0.2) is 45.9 Å². The lowest BCUT2D eigenvalue weighted by Crippen LogP contribution is -2.45. The molecule has 3 N–H and O–H groups in total. The Morgan fingerprint density at radius 3 is 2.29 bits per heavy atom. The summed E-state index contributed by atoms with van der Waals surface area (Å²) in [6, 6.07) is 22.7. The number of esters is 1. The van der Waals surface area contributed by atoms with Crippen molar-refractivity contribution in [3.8, 4) is 0 Å². The molecule has 0 radical (unpaired) electrons. The number of aliphatic hydroxyl groups is 1. The maximum Gasteiger partial charge on any atom is 0.328 e. The van der Waals surface area contributed by atoms with E-state index in [1.807, 2.05) is 73.7 Å². The molecule has 236 valence electrons. The predicted molar refractivity (Wildman–Crippen MR) is 170 cm³/mol. The van der Waals surface area contributed by atoms with Crippen LogP contribution in [-0.2, 0) is 38.6 Å². The van der Waals surface area contributed by atoms with Crippen LogP contribution in [0.4, 0.5) is 10.5 Å². The number of hydrogen-bond donors (Lipinski definition) is 3. The summed E-state index contributed by atoms with van der Waals surface area (Å²) in [6.45, 7) is 2.39. The van der Waals surface area contributed by atoms with E-state index < -0.39 is 24.3 Å². The normalized spacial score (nSPS) is 20.3. The van der Waals surface area contributed by atoms with Crippen LogP contribution in [0.15, 0.2) is 85.2 Å². The van der Waals surface area contributed by atoms with E-state index in [-0.39, 0.29) is 36.3 Å². The first-order valence-electron chi connectivity index (χ1n) is 14.4. The zero-order chi connectivity index (χ0) is 31.9. The van der Waals surface area contributed by atoms with E-state index in [2.05, 4.69) is 15.6 Å². The number of rotatable bonds is 10. The molecule has 1 saturated heterocycles. The zero-order valence-corrected chi connectivity index (χ0v) is 26.2. The molecular weight excluding hydrogens is 619 g/mol. The molecule has 45 heavy (non-hydrogen) atoms. The highest BCUT2D eigenvalue weighted by Crippen LogP contribution is 2.42. The van der Waals surface area contributed by atoms with Gasteiger partial charge in [-0.3, -0.25) is 0 Å². The van der Waals surface area contributed by atoms with Crippen LogP contribution in [0.25, 0.3) is 0 Å². The highest BCUT2D eigenvalue weighted by Gasteiger charge is 2.39. The van der Waals surface area contributed by atoms with Gasteiger partial charge < -0.3 is 34.5 Å². The molecule has 1 aliphatic heterocycles. The monoisotopic (exact) mass is 652 g/mol. The van der Waals surface area contributed by atoms with Gasteiger partial charge in [0.2, 0.25) is 0 Å². The van der Waals surface area contributed by atoms with E-state index in [0.29, 0.717) is 17.4 Å². The van der Waals surface area contributed by atoms with Gasteiger partial charge in [0.25, 0.3) is 0 Å². The van der Waals surface area contributed by atoms with Gasteiger partial charge in [-0.2, -0.15) is 0 Å². The fourth-order valence-electron chi connectivity index (χ4n) is 5.23. The second-order valence-corrected chi connectivity index (χ2v) is 11.5. The maximum absolute atomic E-state index is 12.8. The number of methoxy groups -OCH3 is 1. The zero-order valence-electron chi connectivity index (χ0n) is 24.7. The molecule has 0 aliphatic carbocycles. The molecular formula is C33H34Cl2N4O6. The smallest absolute Gasteiger partial charge is 0.328 e. The molecule has 2 amide bonds. The van der Waals surface area contributed by atoms with E-state index in [4.69, 9.17) is 37.4 Å². The van der Waals surface area contributed by atoms with Crippen molar-refractivity contribution in [2.24, 2.45) is 5.92 Å². The highest BCUT2D eigenvalue weighted by atomic mass is 35.5. The van der Waals surface area contributed by atoms with Gasteiger partial charge in [0, 0.05) is 23.6 Å². The van der Waals surface area contributed by atoms with Crippen LogP contribution in [0.3, 0.4) is 0 Å². The number of carbonyl (C=O) groups is 2. The topological polar surface area (TPSA) is 124 Å². The number of imidazole rings is 1. The van der Waals surface area contributed by atoms with Gasteiger partial charge in [0.1, 0.15) is 11.2 Å². The van der Waals surface area contributed by atoms with Crippen molar-refractivity contribution in [1.82, 2.24) is 14.9 Å². The third-order valence-electron chi connectivity index (χ3n) is 7.75. The number of halogens is 2. The predicted octanol–water partition coefficient (Wildman–Crippen LogP) is 6.08. The largest absolute Gasteiger partial charge is 0.467 e. The van der Waals surface area contributed by atoms with Crippen molar-refractivity contribution in [3.05, 3.63) is 118 Å². The third kappa shape index (κ3) is 8.02. The molecule has 12 heteroatoms. The lowest BCUT2D eigenvalue weighted by Gasteiger charge is -2.41. The van der Waals surface area contributed by atoms with Gasteiger partial charge in [-0.15, -0.1) is 0 Å². The second-order valence-electron chi connectivity index (χ2n) is 10.8. The molecule has 10 nitrogen and oxygen atoms in total. The van der Waals surface area contributed by atoms with Crippen LogP contribution < -0.4 is 10.6 Å². The Labute approximate surface area is 271 Å². The van der Waals surface area contributed by atoms with Crippen molar-refractivity contribution in [2.45, 2.75) is 51.0 Å². The number of benzene rings is 3. The fraction of sp³-hybridized carbons (Fsp3) is 0.303. The van der Waals surface area contributed by atoms with E-state index in [9.17, 15) is 14.7 Å². The number of nitrogens with one attached hydrogen (secondary N) is 2. The quantitative estimate of drug-likeness (QED) is 0.177.